The minimum absolute atomic E-state index is 0.202. The second kappa shape index (κ2) is 7.81. The van der Waals surface area contributed by atoms with Crippen LogP contribution >= 0.6 is 0 Å². The Bertz CT molecular complexity index is 863. The predicted molar refractivity (Wildman–Crippen MR) is 93.4 cm³/mol. The maximum Gasteiger partial charge on any atom is 0.435 e. The van der Waals surface area contributed by atoms with E-state index in [2.05, 4.69) is 15.5 Å². The van der Waals surface area contributed by atoms with Crippen LogP contribution in [-0.2, 0) is 22.7 Å². The molecule has 1 aromatic carbocycles. The lowest BCUT2D eigenvalue weighted by atomic mass is 10.2. The van der Waals surface area contributed by atoms with Crippen LogP contribution < -0.4 is 5.32 Å². The first-order chi connectivity index (χ1) is 12.8. The summed E-state index contributed by atoms with van der Waals surface area (Å²) in [6.07, 6.45) is -1.74. The first-order valence-electron chi connectivity index (χ1n) is 8.51. The van der Waals surface area contributed by atoms with Gasteiger partial charge in [0.1, 0.15) is 5.82 Å². The molecule has 6 nitrogen and oxygen atoms in total. The van der Waals surface area contributed by atoms with Gasteiger partial charge in [-0.25, -0.2) is 8.42 Å². The highest BCUT2D eigenvalue weighted by molar-refractivity contribution is 7.89. The smallest absolute Gasteiger partial charge is 0.365 e. The van der Waals surface area contributed by atoms with Crippen molar-refractivity contribution in [1.29, 1.82) is 0 Å². The highest BCUT2D eigenvalue weighted by Gasteiger charge is 2.32. The van der Waals surface area contributed by atoms with Crippen molar-refractivity contribution in [1.82, 2.24) is 14.5 Å². The standard InChI is InChI=1S/C17H19F3N4O2S/c18-17(19,20)15-8-9-16(23-22-15)21-12-13-4-6-14(7-5-13)27(25,26)24-10-2-1-3-11-24/h4-9H,1-3,10-12H2,(H,21,23). The second-order valence-electron chi connectivity index (χ2n) is 6.26. The molecule has 0 aliphatic carbocycles. The zero-order valence-electron chi connectivity index (χ0n) is 14.4. The lowest BCUT2D eigenvalue weighted by molar-refractivity contribution is -0.141. The van der Waals surface area contributed by atoms with E-state index in [0.717, 1.165) is 30.9 Å². The molecule has 146 valence electrons. The lowest BCUT2D eigenvalue weighted by Crippen LogP contribution is -2.35. The molecule has 1 aliphatic heterocycles. The SMILES string of the molecule is O=S(=O)(c1ccc(CNc2ccc(C(F)(F)F)nn2)cc1)N1CCCCC1. The molecular formula is C17H19F3N4O2S. The Morgan fingerprint density at radius 2 is 1.63 bits per heavy atom. The fraction of sp³-hybridized carbons (Fsp3) is 0.412. The number of benzene rings is 1. The number of aromatic nitrogens is 2. The van der Waals surface area contributed by atoms with Gasteiger partial charge in [-0.1, -0.05) is 18.6 Å². The summed E-state index contributed by atoms with van der Waals surface area (Å²) in [5.41, 5.74) is -0.283. The molecule has 0 atom stereocenters. The number of hydrogen-bond acceptors (Lipinski definition) is 5. The largest absolute Gasteiger partial charge is 0.435 e. The van der Waals surface area contributed by atoms with Gasteiger partial charge in [0.2, 0.25) is 10.0 Å². The number of nitrogens with one attached hydrogen (secondary N) is 1. The molecule has 0 amide bonds. The maximum atomic E-state index is 12.6. The minimum atomic E-state index is -4.53. The third kappa shape index (κ3) is 4.75. The highest BCUT2D eigenvalue weighted by Crippen LogP contribution is 2.27. The van der Waals surface area contributed by atoms with Crippen LogP contribution in [0, 0.1) is 0 Å². The molecule has 1 saturated heterocycles. The third-order valence-electron chi connectivity index (χ3n) is 4.30. The average molecular weight is 400 g/mol. The first kappa shape index (κ1) is 19.6. The molecule has 2 aromatic rings. The van der Waals surface area contributed by atoms with E-state index < -0.39 is 21.9 Å². The summed E-state index contributed by atoms with van der Waals surface area (Å²) < 4.78 is 64.1. The van der Waals surface area contributed by atoms with E-state index in [1.807, 2.05) is 0 Å². The molecule has 0 saturated carbocycles. The molecule has 1 fully saturated rings. The Hall–Kier alpha value is -2.20. The summed E-state index contributed by atoms with van der Waals surface area (Å²) in [4.78, 5) is 0.238. The van der Waals surface area contributed by atoms with Crippen molar-refractivity contribution in [3.05, 3.63) is 47.7 Å². The zero-order chi connectivity index (χ0) is 19.5. The van der Waals surface area contributed by atoms with Crippen LogP contribution in [0.25, 0.3) is 0 Å². The topological polar surface area (TPSA) is 75.2 Å². The number of nitrogens with zero attached hydrogens (tertiary/aromatic N) is 3. The van der Waals surface area contributed by atoms with Crippen molar-refractivity contribution in [2.45, 2.75) is 36.9 Å². The molecule has 0 radical (unpaired) electrons. The molecule has 2 heterocycles. The van der Waals surface area contributed by atoms with Crippen LogP contribution in [-0.4, -0.2) is 36.0 Å². The van der Waals surface area contributed by atoms with Gasteiger partial charge in [0.25, 0.3) is 0 Å². The molecule has 0 bridgehead atoms. The Labute approximate surface area is 155 Å². The summed E-state index contributed by atoms with van der Waals surface area (Å²) in [6, 6.07) is 8.47. The van der Waals surface area contributed by atoms with Crippen molar-refractivity contribution in [2.75, 3.05) is 18.4 Å². The second-order valence-corrected chi connectivity index (χ2v) is 8.20. The van der Waals surface area contributed by atoms with Gasteiger partial charge in [-0.15, -0.1) is 10.2 Å². The van der Waals surface area contributed by atoms with E-state index in [-0.39, 0.29) is 17.3 Å². The van der Waals surface area contributed by atoms with Crippen LogP contribution in [0.3, 0.4) is 0 Å². The molecule has 1 aliphatic rings. The molecule has 1 aromatic heterocycles. The average Bonchev–Trinajstić information content (AvgIpc) is 2.67. The molecule has 27 heavy (non-hydrogen) atoms. The summed E-state index contributed by atoms with van der Waals surface area (Å²) in [5, 5.41) is 9.49. The van der Waals surface area contributed by atoms with Gasteiger partial charge in [-0.3, -0.25) is 0 Å². The Balaban J connectivity index is 1.62. The monoisotopic (exact) mass is 400 g/mol. The molecule has 1 N–H and O–H groups in total. The highest BCUT2D eigenvalue weighted by atomic mass is 32.2. The normalized spacial score (nSPS) is 16.3. The Morgan fingerprint density at radius 1 is 0.963 bits per heavy atom. The summed E-state index contributed by atoms with van der Waals surface area (Å²) in [6.45, 7) is 1.36. The van der Waals surface area contributed by atoms with Gasteiger partial charge in [-0.05, 0) is 42.7 Å². The van der Waals surface area contributed by atoms with Crippen LogP contribution in [0.15, 0.2) is 41.3 Å². The molecule has 10 heteroatoms. The van der Waals surface area contributed by atoms with Gasteiger partial charge in [0.05, 0.1) is 4.90 Å². The quantitative estimate of drug-likeness (QED) is 0.834. The van der Waals surface area contributed by atoms with Crippen LogP contribution in [0.2, 0.25) is 0 Å². The summed E-state index contributed by atoms with van der Waals surface area (Å²) in [7, 11) is -3.48. The van der Waals surface area contributed by atoms with E-state index in [0.29, 0.717) is 13.1 Å². The molecule has 0 unspecified atom stereocenters. The van der Waals surface area contributed by atoms with Crippen LogP contribution in [0.4, 0.5) is 19.0 Å². The predicted octanol–water partition coefficient (Wildman–Crippen LogP) is 3.28. The summed E-state index contributed by atoms with van der Waals surface area (Å²) >= 11 is 0. The van der Waals surface area contributed by atoms with Gasteiger partial charge >= 0.3 is 6.18 Å². The van der Waals surface area contributed by atoms with E-state index in [1.165, 1.54) is 10.4 Å². The van der Waals surface area contributed by atoms with E-state index in [9.17, 15) is 21.6 Å². The molecule has 0 spiro atoms. The number of sulfonamides is 1. The number of anilines is 1. The van der Waals surface area contributed by atoms with E-state index in [4.69, 9.17) is 0 Å². The molecule has 3 rings (SSSR count). The van der Waals surface area contributed by atoms with Gasteiger partial charge in [-0.2, -0.15) is 17.5 Å². The van der Waals surface area contributed by atoms with Crippen molar-refractivity contribution < 1.29 is 21.6 Å². The van der Waals surface area contributed by atoms with E-state index >= 15 is 0 Å². The van der Waals surface area contributed by atoms with Gasteiger partial charge in [0.15, 0.2) is 5.69 Å². The third-order valence-corrected chi connectivity index (χ3v) is 6.22. The number of hydrogen-bond donors (Lipinski definition) is 1. The van der Waals surface area contributed by atoms with Crippen molar-refractivity contribution in [2.24, 2.45) is 0 Å². The fourth-order valence-electron chi connectivity index (χ4n) is 2.80. The van der Waals surface area contributed by atoms with Crippen molar-refractivity contribution in [3.63, 3.8) is 0 Å². The lowest BCUT2D eigenvalue weighted by Gasteiger charge is -2.25. The van der Waals surface area contributed by atoms with Crippen molar-refractivity contribution in [3.8, 4) is 0 Å². The summed E-state index contributed by atoms with van der Waals surface area (Å²) in [5.74, 6) is 0.202. The van der Waals surface area contributed by atoms with Gasteiger partial charge < -0.3 is 5.32 Å². The zero-order valence-corrected chi connectivity index (χ0v) is 15.2. The van der Waals surface area contributed by atoms with Crippen molar-refractivity contribution >= 4 is 15.8 Å². The number of rotatable bonds is 5. The van der Waals surface area contributed by atoms with Gasteiger partial charge in [0, 0.05) is 19.6 Å². The number of halogens is 3. The Morgan fingerprint density at radius 3 is 2.19 bits per heavy atom. The van der Waals surface area contributed by atoms with E-state index in [1.54, 1.807) is 24.3 Å². The molecular weight excluding hydrogens is 381 g/mol. The minimum Gasteiger partial charge on any atom is -0.365 e. The first-order valence-corrected chi connectivity index (χ1v) is 9.95. The number of alkyl halides is 3. The number of piperidine rings is 1. The van der Waals surface area contributed by atoms with Crippen LogP contribution in [0.5, 0.6) is 0 Å². The Kier molecular flexibility index (Phi) is 5.66. The maximum absolute atomic E-state index is 12.6. The van der Waals surface area contributed by atoms with Crippen LogP contribution in [0.1, 0.15) is 30.5 Å². The fourth-order valence-corrected chi connectivity index (χ4v) is 4.32.